The summed E-state index contributed by atoms with van der Waals surface area (Å²) >= 11 is 3.46. The lowest BCUT2D eigenvalue weighted by molar-refractivity contribution is -0.119. The highest BCUT2D eigenvalue weighted by Gasteiger charge is 2.13. The van der Waals surface area contributed by atoms with E-state index in [-0.39, 0.29) is 18.1 Å². The summed E-state index contributed by atoms with van der Waals surface area (Å²) < 4.78 is 0.844. The quantitative estimate of drug-likeness (QED) is 0.897. The first-order chi connectivity index (χ1) is 9.58. The number of aromatic nitrogens is 2. The summed E-state index contributed by atoms with van der Waals surface area (Å²) in [6, 6.07) is 5.70. The molecule has 5 nitrogen and oxygen atoms in total. The first-order valence-corrected chi connectivity index (χ1v) is 6.64. The van der Waals surface area contributed by atoms with E-state index in [0.717, 1.165) is 21.2 Å². The number of nitrogens with zero attached hydrogens (tertiary/aromatic N) is 2. The van der Waals surface area contributed by atoms with Crippen LogP contribution in [0.5, 0.6) is 0 Å². The van der Waals surface area contributed by atoms with Crippen molar-refractivity contribution < 1.29 is 4.79 Å². The molecule has 1 amide bonds. The summed E-state index contributed by atoms with van der Waals surface area (Å²) in [6.45, 7) is 3.45. The van der Waals surface area contributed by atoms with Crippen molar-refractivity contribution in [3.8, 4) is 11.1 Å². The van der Waals surface area contributed by atoms with Crippen LogP contribution in [-0.4, -0.2) is 15.9 Å². The van der Waals surface area contributed by atoms with Crippen LogP contribution >= 0.6 is 15.9 Å². The third-order valence-corrected chi connectivity index (χ3v) is 3.37. The van der Waals surface area contributed by atoms with Crippen LogP contribution in [0.3, 0.4) is 0 Å². The SMILES string of the molecule is C=C(N)NC(=O)Cc1c(Br)cccc1-c1cncnc1. The molecule has 1 aromatic heterocycles. The molecule has 6 heteroatoms. The van der Waals surface area contributed by atoms with Crippen LogP contribution < -0.4 is 11.1 Å². The van der Waals surface area contributed by atoms with Crippen molar-refractivity contribution >= 4 is 21.8 Å². The largest absolute Gasteiger partial charge is 0.386 e. The van der Waals surface area contributed by atoms with Crippen LogP contribution in [0.4, 0.5) is 0 Å². The predicted molar refractivity (Wildman–Crippen MR) is 80.3 cm³/mol. The molecule has 0 aliphatic rings. The van der Waals surface area contributed by atoms with E-state index in [0.29, 0.717) is 0 Å². The first kappa shape index (κ1) is 14.2. The lowest BCUT2D eigenvalue weighted by Crippen LogP contribution is -2.28. The van der Waals surface area contributed by atoms with Gasteiger partial charge in [0.15, 0.2) is 0 Å². The molecule has 0 atom stereocenters. The molecular weight excluding hydrogens is 320 g/mol. The fraction of sp³-hybridized carbons (Fsp3) is 0.0714. The standard InChI is InChI=1S/C14H13BrN4O/c1-9(16)19-14(20)5-12-11(3-2-4-13(12)15)10-6-17-8-18-7-10/h2-4,6-8H,1,5,16H2,(H,19,20). The summed E-state index contributed by atoms with van der Waals surface area (Å²) in [4.78, 5) is 19.9. The zero-order chi connectivity index (χ0) is 14.5. The normalized spacial score (nSPS) is 10.1. The minimum absolute atomic E-state index is 0.131. The maximum absolute atomic E-state index is 11.9. The Morgan fingerprint density at radius 1 is 1.35 bits per heavy atom. The fourth-order valence-corrected chi connectivity index (χ4v) is 2.34. The molecule has 0 radical (unpaired) electrons. The van der Waals surface area contributed by atoms with Crippen molar-refractivity contribution in [3.05, 3.63) is 59.4 Å². The summed E-state index contributed by atoms with van der Waals surface area (Å²) in [6.07, 6.45) is 5.06. The molecule has 0 aliphatic heterocycles. The highest BCUT2D eigenvalue weighted by Crippen LogP contribution is 2.29. The Morgan fingerprint density at radius 2 is 2.05 bits per heavy atom. The molecule has 1 heterocycles. The summed E-state index contributed by atoms with van der Waals surface area (Å²) in [7, 11) is 0. The minimum Gasteiger partial charge on any atom is -0.386 e. The second-order valence-corrected chi connectivity index (χ2v) is 5.00. The molecule has 2 rings (SSSR count). The molecule has 3 N–H and O–H groups in total. The van der Waals surface area contributed by atoms with Crippen LogP contribution in [0.25, 0.3) is 11.1 Å². The van der Waals surface area contributed by atoms with Gasteiger partial charge in [-0.3, -0.25) is 4.79 Å². The molecule has 0 unspecified atom stereocenters. The highest BCUT2D eigenvalue weighted by atomic mass is 79.9. The Bertz CT molecular complexity index is 643. The number of carbonyl (C=O) groups is 1. The van der Waals surface area contributed by atoms with E-state index in [9.17, 15) is 4.79 Å². The van der Waals surface area contributed by atoms with E-state index in [4.69, 9.17) is 5.73 Å². The number of nitrogens with two attached hydrogens (primary N) is 1. The molecule has 0 bridgehead atoms. The smallest absolute Gasteiger partial charge is 0.229 e. The van der Waals surface area contributed by atoms with Gasteiger partial charge in [0, 0.05) is 22.4 Å². The Kier molecular flexibility index (Phi) is 4.47. The molecule has 0 saturated heterocycles. The first-order valence-electron chi connectivity index (χ1n) is 5.85. The van der Waals surface area contributed by atoms with Crippen molar-refractivity contribution in [2.24, 2.45) is 5.73 Å². The molecule has 102 valence electrons. The Hall–Kier alpha value is -2.21. The second-order valence-electron chi connectivity index (χ2n) is 4.14. The lowest BCUT2D eigenvalue weighted by Gasteiger charge is -2.11. The highest BCUT2D eigenvalue weighted by molar-refractivity contribution is 9.10. The van der Waals surface area contributed by atoms with E-state index in [2.05, 4.69) is 37.8 Å². The number of halogens is 1. The third kappa shape index (κ3) is 3.42. The Morgan fingerprint density at radius 3 is 2.70 bits per heavy atom. The summed E-state index contributed by atoms with van der Waals surface area (Å²) in [5.74, 6) is -0.0888. The van der Waals surface area contributed by atoms with Crippen LogP contribution in [0, 0.1) is 0 Å². The molecule has 0 spiro atoms. The van der Waals surface area contributed by atoms with Gasteiger partial charge in [0.05, 0.1) is 12.2 Å². The molecule has 0 aliphatic carbocycles. The van der Waals surface area contributed by atoms with Gasteiger partial charge < -0.3 is 11.1 Å². The van der Waals surface area contributed by atoms with Crippen molar-refractivity contribution in [3.63, 3.8) is 0 Å². The average Bonchev–Trinajstić information content (AvgIpc) is 2.41. The van der Waals surface area contributed by atoms with E-state index in [1.54, 1.807) is 12.4 Å². The number of rotatable bonds is 4. The van der Waals surface area contributed by atoms with Gasteiger partial charge >= 0.3 is 0 Å². The molecule has 0 fully saturated rings. The third-order valence-electron chi connectivity index (χ3n) is 2.63. The van der Waals surface area contributed by atoms with Gasteiger partial charge in [-0.1, -0.05) is 34.6 Å². The van der Waals surface area contributed by atoms with Gasteiger partial charge in [-0.25, -0.2) is 9.97 Å². The second kappa shape index (κ2) is 6.29. The van der Waals surface area contributed by atoms with Crippen LogP contribution in [0.1, 0.15) is 5.56 Å². The number of amides is 1. The van der Waals surface area contributed by atoms with E-state index >= 15 is 0 Å². The van der Waals surface area contributed by atoms with Crippen molar-refractivity contribution in [2.75, 3.05) is 0 Å². The average molecular weight is 333 g/mol. The number of benzene rings is 1. The van der Waals surface area contributed by atoms with Gasteiger partial charge in [0.1, 0.15) is 6.33 Å². The zero-order valence-electron chi connectivity index (χ0n) is 10.6. The maximum atomic E-state index is 11.9. The van der Waals surface area contributed by atoms with E-state index < -0.39 is 0 Å². The number of nitrogens with one attached hydrogen (secondary N) is 1. The van der Waals surface area contributed by atoms with Crippen LogP contribution in [0.2, 0.25) is 0 Å². The van der Waals surface area contributed by atoms with Crippen molar-refractivity contribution in [1.29, 1.82) is 0 Å². The van der Waals surface area contributed by atoms with Gasteiger partial charge in [0.2, 0.25) is 5.91 Å². The van der Waals surface area contributed by atoms with E-state index in [1.807, 2.05) is 18.2 Å². The molecule has 20 heavy (non-hydrogen) atoms. The van der Waals surface area contributed by atoms with Crippen LogP contribution in [0.15, 0.2) is 53.8 Å². The number of carbonyl (C=O) groups excluding carboxylic acids is 1. The van der Waals surface area contributed by atoms with Crippen LogP contribution in [-0.2, 0) is 11.2 Å². The van der Waals surface area contributed by atoms with Gasteiger partial charge in [-0.2, -0.15) is 0 Å². The fourth-order valence-electron chi connectivity index (χ4n) is 1.83. The van der Waals surface area contributed by atoms with Gasteiger partial charge in [-0.05, 0) is 17.2 Å². The van der Waals surface area contributed by atoms with Gasteiger partial charge in [0.25, 0.3) is 0 Å². The van der Waals surface area contributed by atoms with Crippen molar-refractivity contribution in [2.45, 2.75) is 6.42 Å². The zero-order valence-corrected chi connectivity index (χ0v) is 12.2. The maximum Gasteiger partial charge on any atom is 0.229 e. The molecule has 2 aromatic rings. The Balaban J connectivity index is 2.37. The topological polar surface area (TPSA) is 80.9 Å². The Labute approximate surface area is 125 Å². The molecular formula is C14H13BrN4O. The predicted octanol–water partition coefficient (Wildman–Crippen LogP) is 1.99. The summed E-state index contributed by atoms with van der Waals surface area (Å²) in [5, 5.41) is 2.49. The monoisotopic (exact) mass is 332 g/mol. The van der Waals surface area contributed by atoms with Crippen molar-refractivity contribution in [1.82, 2.24) is 15.3 Å². The number of hydrogen-bond acceptors (Lipinski definition) is 4. The number of hydrogen-bond donors (Lipinski definition) is 2. The minimum atomic E-state index is -0.220. The molecule has 0 saturated carbocycles. The van der Waals surface area contributed by atoms with E-state index in [1.165, 1.54) is 6.33 Å². The molecule has 1 aromatic carbocycles. The summed E-state index contributed by atoms with van der Waals surface area (Å²) in [5.41, 5.74) is 7.98. The lowest BCUT2D eigenvalue weighted by atomic mass is 9.99. The van der Waals surface area contributed by atoms with Gasteiger partial charge in [-0.15, -0.1) is 0 Å².